The molecule has 6 nitrogen and oxygen atoms in total. The Balaban J connectivity index is 2.19. The van der Waals surface area contributed by atoms with Gasteiger partial charge in [-0.3, -0.25) is 14.4 Å². The summed E-state index contributed by atoms with van der Waals surface area (Å²) >= 11 is 0. The maximum Gasteiger partial charge on any atom is 0.289 e. The fraction of sp³-hybridized carbons (Fsp3) is 0.100. The number of hydrogen-bond donors (Lipinski definition) is 0. The van der Waals surface area contributed by atoms with Crippen LogP contribution in [0.4, 0.5) is 11.4 Å². The first kappa shape index (κ1) is 18.6. The molecule has 0 unspecified atom stereocenters. The van der Waals surface area contributed by atoms with Crippen LogP contribution in [0, 0.1) is 10.1 Å². The molecule has 0 atom stereocenters. The lowest BCUT2D eigenvalue weighted by atomic mass is 10.0. The summed E-state index contributed by atoms with van der Waals surface area (Å²) in [4.78, 5) is 10.3. The molecule has 0 spiro atoms. The first-order valence-corrected chi connectivity index (χ1v) is 9.81. The molecule has 0 aliphatic heterocycles. The van der Waals surface area contributed by atoms with E-state index in [1.807, 2.05) is 42.5 Å². The van der Waals surface area contributed by atoms with Gasteiger partial charge < -0.3 is 0 Å². The van der Waals surface area contributed by atoms with Crippen LogP contribution in [-0.4, -0.2) is 19.9 Å². The lowest BCUT2D eigenvalue weighted by Gasteiger charge is -2.25. The zero-order valence-electron chi connectivity index (χ0n) is 14.6. The molecule has 0 aliphatic carbocycles. The molecule has 7 heteroatoms. The van der Waals surface area contributed by atoms with Crippen LogP contribution >= 0.6 is 0 Å². The van der Waals surface area contributed by atoms with Crippen LogP contribution in [-0.2, 0) is 10.0 Å². The molecule has 0 saturated heterocycles. The van der Waals surface area contributed by atoms with Gasteiger partial charge in [0.25, 0.3) is 15.7 Å². The number of benzene rings is 3. The Morgan fingerprint density at radius 1 is 0.889 bits per heavy atom. The Labute approximate surface area is 157 Å². The Bertz CT molecular complexity index is 1070. The highest BCUT2D eigenvalue weighted by Crippen LogP contribution is 2.35. The van der Waals surface area contributed by atoms with Crippen LogP contribution in [0.2, 0.25) is 0 Å². The second-order valence-electron chi connectivity index (χ2n) is 5.78. The zero-order chi connectivity index (χ0) is 19.4. The van der Waals surface area contributed by atoms with E-state index in [0.717, 1.165) is 11.1 Å². The van der Waals surface area contributed by atoms with Gasteiger partial charge in [0.05, 0.1) is 10.6 Å². The third-order valence-electron chi connectivity index (χ3n) is 4.17. The van der Waals surface area contributed by atoms with Crippen molar-refractivity contribution in [2.24, 2.45) is 0 Å². The van der Waals surface area contributed by atoms with Crippen molar-refractivity contribution in [1.29, 1.82) is 0 Å². The van der Waals surface area contributed by atoms with Crippen LogP contribution < -0.4 is 4.31 Å². The Morgan fingerprint density at radius 3 is 2.15 bits per heavy atom. The number of anilines is 1. The molecule has 3 aromatic rings. The molecule has 27 heavy (non-hydrogen) atoms. The lowest BCUT2D eigenvalue weighted by molar-refractivity contribution is -0.387. The highest BCUT2D eigenvalue weighted by molar-refractivity contribution is 7.93. The van der Waals surface area contributed by atoms with Gasteiger partial charge in [0.2, 0.25) is 0 Å². The number of nitrogens with zero attached hydrogens (tertiary/aromatic N) is 2. The quantitative estimate of drug-likeness (QED) is 0.465. The highest BCUT2D eigenvalue weighted by atomic mass is 32.2. The minimum Gasteiger partial charge on any atom is -0.266 e. The molecule has 3 aromatic carbocycles. The molecule has 0 saturated carbocycles. The largest absolute Gasteiger partial charge is 0.289 e. The Kier molecular flexibility index (Phi) is 5.23. The van der Waals surface area contributed by atoms with E-state index < -0.39 is 20.6 Å². The van der Waals surface area contributed by atoms with Crippen molar-refractivity contribution >= 4 is 21.4 Å². The molecule has 0 amide bonds. The number of nitro benzene ring substituents is 1. The van der Waals surface area contributed by atoms with Crippen LogP contribution in [0.15, 0.2) is 83.8 Å². The second kappa shape index (κ2) is 7.59. The number of para-hydroxylation sites is 2. The maximum atomic E-state index is 13.3. The zero-order valence-corrected chi connectivity index (χ0v) is 15.5. The fourth-order valence-electron chi connectivity index (χ4n) is 2.97. The summed E-state index contributed by atoms with van der Waals surface area (Å²) in [5.74, 6) is 0. The summed E-state index contributed by atoms with van der Waals surface area (Å²) < 4.78 is 27.8. The number of hydrogen-bond acceptors (Lipinski definition) is 4. The van der Waals surface area contributed by atoms with Gasteiger partial charge in [0.15, 0.2) is 4.90 Å². The predicted molar refractivity (Wildman–Crippen MR) is 105 cm³/mol. The first-order chi connectivity index (χ1) is 13.0. The van der Waals surface area contributed by atoms with Crippen LogP contribution in [0.1, 0.15) is 6.92 Å². The van der Waals surface area contributed by atoms with Gasteiger partial charge in [-0.15, -0.1) is 0 Å². The minimum absolute atomic E-state index is 0.137. The summed E-state index contributed by atoms with van der Waals surface area (Å²) in [6.45, 7) is 1.84. The molecule has 0 N–H and O–H groups in total. The number of sulfonamides is 1. The van der Waals surface area contributed by atoms with Crippen LogP contribution in [0.5, 0.6) is 0 Å². The van der Waals surface area contributed by atoms with Crippen LogP contribution in [0.25, 0.3) is 11.1 Å². The van der Waals surface area contributed by atoms with Gasteiger partial charge in [0, 0.05) is 18.2 Å². The normalized spacial score (nSPS) is 11.1. The molecule has 0 radical (unpaired) electrons. The molecule has 138 valence electrons. The summed E-state index contributed by atoms with van der Waals surface area (Å²) in [6.07, 6.45) is 0. The van der Waals surface area contributed by atoms with Crippen molar-refractivity contribution in [3.63, 3.8) is 0 Å². The maximum absolute atomic E-state index is 13.3. The summed E-state index contributed by atoms with van der Waals surface area (Å²) in [7, 11) is -4.12. The van der Waals surface area contributed by atoms with E-state index in [2.05, 4.69) is 0 Å². The standard InChI is InChI=1S/C20H18N2O4S/c1-2-21(27(25,26)20-15-9-8-14-19(20)22(23)24)18-13-7-6-12-17(18)16-10-4-3-5-11-16/h3-15H,2H2,1H3. The molecule has 0 bridgehead atoms. The first-order valence-electron chi connectivity index (χ1n) is 8.37. The number of nitro groups is 1. The topological polar surface area (TPSA) is 80.5 Å². The van der Waals surface area contributed by atoms with Gasteiger partial charge >= 0.3 is 0 Å². The summed E-state index contributed by atoms with van der Waals surface area (Å²) in [6, 6.07) is 21.9. The van der Waals surface area contributed by atoms with Gasteiger partial charge in [0.1, 0.15) is 0 Å². The minimum atomic E-state index is -4.12. The molecular weight excluding hydrogens is 364 g/mol. The molecular formula is C20H18N2O4S. The second-order valence-corrected chi connectivity index (χ2v) is 7.61. The number of rotatable bonds is 6. The van der Waals surface area contributed by atoms with Crippen molar-refractivity contribution in [1.82, 2.24) is 0 Å². The third kappa shape index (κ3) is 3.54. The van der Waals surface area contributed by atoms with Gasteiger partial charge in [-0.25, -0.2) is 8.42 Å². The lowest BCUT2D eigenvalue weighted by Crippen LogP contribution is -2.31. The van der Waals surface area contributed by atoms with Crippen molar-refractivity contribution in [3.05, 3.63) is 89.0 Å². The molecule has 0 aromatic heterocycles. The van der Waals surface area contributed by atoms with Crippen LogP contribution in [0.3, 0.4) is 0 Å². The van der Waals surface area contributed by atoms with Crippen molar-refractivity contribution in [3.8, 4) is 11.1 Å². The molecule has 0 aliphatic rings. The SMILES string of the molecule is CCN(c1ccccc1-c1ccccc1)S(=O)(=O)c1ccccc1[N+](=O)[O-]. The van der Waals surface area contributed by atoms with Crippen molar-refractivity contribution in [2.45, 2.75) is 11.8 Å². The Hall–Kier alpha value is -3.19. The average Bonchev–Trinajstić information content (AvgIpc) is 2.69. The molecule has 3 rings (SSSR count). The third-order valence-corrected chi connectivity index (χ3v) is 6.11. The van der Waals surface area contributed by atoms with Crippen molar-refractivity contribution in [2.75, 3.05) is 10.8 Å². The van der Waals surface area contributed by atoms with Gasteiger partial charge in [-0.05, 0) is 24.6 Å². The van der Waals surface area contributed by atoms with E-state index in [4.69, 9.17) is 0 Å². The van der Waals surface area contributed by atoms with E-state index in [1.54, 1.807) is 19.1 Å². The monoisotopic (exact) mass is 382 g/mol. The van der Waals surface area contributed by atoms with Crippen molar-refractivity contribution < 1.29 is 13.3 Å². The smallest absolute Gasteiger partial charge is 0.266 e. The summed E-state index contributed by atoms with van der Waals surface area (Å²) in [5, 5.41) is 11.3. The van der Waals surface area contributed by atoms with E-state index in [1.165, 1.54) is 28.6 Å². The summed E-state index contributed by atoms with van der Waals surface area (Å²) in [5.41, 5.74) is 1.64. The van der Waals surface area contributed by atoms with E-state index in [0.29, 0.717) is 5.69 Å². The molecule has 0 heterocycles. The fourth-order valence-corrected chi connectivity index (χ4v) is 4.62. The Morgan fingerprint density at radius 2 is 1.48 bits per heavy atom. The van der Waals surface area contributed by atoms with Gasteiger partial charge in [-0.1, -0.05) is 60.7 Å². The van der Waals surface area contributed by atoms with E-state index in [-0.39, 0.29) is 11.4 Å². The van der Waals surface area contributed by atoms with Gasteiger partial charge in [-0.2, -0.15) is 0 Å². The predicted octanol–water partition coefficient (Wildman–Crippen LogP) is 4.48. The molecule has 0 fully saturated rings. The van der Waals surface area contributed by atoms with E-state index in [9.17, 15) is 18.5 Å². The van der Waals surface area contributed by atoms with E-state index >= 15 is 0 Å². The highest BCUT2D eigenvalue weighted by Gasteiger charge is 2.31. The average molecular weight is 382 g/mol.